The molecular weight excluding hydrogens is 281 g/mol. The summed E-state index contributed by atoms with van der Waals surface area (Å²) in [6.45, 7) is 2.17. The van der Waals surface area contributed by atoms with Crippen molar-refractivity contribution in [3.05, 3.63) is 30.0 Å². The van der Waals surface area contributed by atoms with E-state index in [9.17, 15) is 13.2 Å². The fraction of sp³-hybridized carbons (Fsp3) is 0.500. The van der Waals surface area contributed by atoms with E-state index in [4.69, 9.17) is 5.73 Å². The molecule has 1 heterocycles. The number of fused-ring (bicyclic) bond motifs is 1. The van der Waals surface area contributed by atoms with Gasteiger partial charge in [0.15, 0.2) is 0 Å². The van der Waals surface area contributed by atoms with E-state index in [-0.39, 0.29) is 19.6 Å². The van der Waals surface area contributed by atoms with E-state index in [2.05, 4.69) is 5.10 Å². The van der Waals surface area contributed by atoms with Crippen LogP contribution in [0.15, 0.2) is 24.3 Å². The molecule has 2 N–H and O–H groups in total. The second-order valence-corrected chi connectivity index (χ2v) is 4.89. The number of rotatable bonds is 6. The summed E-state index contributed by atoms with van der Waals surface area (Å²) in [5.41, 5.74) is 7.01. The van der Waals surface area contributed by atoms with E-state index < -0.39 is 12.7 Å². The molecule has 0 unspecified atom stereocenters. The maximum atomic E-state index is 12.6. The van der Waals surface area contributed by atoms with Gasteiger partial charge in [-0.1, -0.05) is 18.2 Å². The van der Waals surface area contributed by atoms with Crippen molar-refractivity contribution < 1.29 is 13.2 Å². The number of alkyl halides is 3. The van der Waals surface area contributed by atoms with Gasteiger partial charge in [-0.2, -0.15) is 18.3 Å². The van der Waals surface area contributed by atoms with Crippen molar-refractivity contribution in [2.45, 2.75) is 26.2 Å². The average molecular weight is 300 g/mol. The van der Waals surface area contributed by atoms with Crippen LogP contribution in [-0.2, 0) is 13.1 Å². The number of nitrogens with two attached hydrogens (primary N) is 1. The van der Waals surface area contributed by atoms with Crippen LogP contribution in [0, 0.1) is 0 Å². The lowest BCUT2D eigenvalue weighted by Crippen LogP contribution is -2.37. The standard InChI is InChI=1S/C14H19F3N4/c1-2-21-13-6-4-3-5-11(13)12(19-21)9-20(8-7-18)10-14(15,16)17/h3-6H,2,7-10,18H2,1H3. The monoisotopic (exact) mass is 300 g/mol. The molecule has 0 spiro atoms. The summed E-state index contributed by atoms with van der Waals surface area (Å²) in [5, 5.41) is 5.32. The first-order valence-electron chi connectivity index (χ1n) is 6.88. The molecule has 0 aliphatic rings. The first kappa shape index (κ1) is 15.8. The molecule has 0 bridgehead atoms. The summed E-state index contributed by atoms with van der Waals surface area (Å²) < 4.78 is 39.6. The van der Waals surface area contributed by atoms with Crippen molar-refractivity contribution in [3.63, 3.8) is 0 Å². The SMILES string of the molecule is CCn1nc(CN(CCN)CC(F)(F)F)c2ccccc21. The Bertz CT molecular complexity index is 591. The predicted molar refractivity (Wildman–Crippen MR) is 75.8 cm³/mol. The van der Waals surface area contributed by atoms with Gasteiger partial charge in [0.1, 0.15) is 0 Å². The summed E-state index contributed by atoms with van der Waals surface area (Å²) in [4.78, 5) is 1.29. The number of aryl methyl sites for hydroxylation is 1. The fourth-order valence-electron chi connectivity index (χ4n) is 2.42. The van der Waals surface area contributed by atoms with Crippen LogP contribution in [-0.4, -0.2) is 40.5 Å². The van der Waals surface area contributed by atoms with Crippen LogP contribution in [0.1, 0.15) is 12.6 Å². The minimum Gasteiger partial charge on any atom is -0.329 e. The highest BCUT2D eigenvalue weighted by molar-refractivity contribution is 5.81. The Morgan fingerprint density at radius 1 is 1.29 bits per heavy atom. The normalized spacial score (nSPS) is 12.5. The minimum atomic E-state index is -4.24. The molecule has 1 aromatic carbocycles. The van der Waals surface area contributed by atoms with Gasteiger partial charge in [-0.25, -0.2) is 0 Å². The zero-order chi connectivity index (χ0) is 15.5. The number of hydrogen-bond acceptors (Lipinski definition) is 3. The van der Waals surface area contributed by atoms with Gasteiger partial charge in [-0.05, 0) is 13.0 Å². The molecule has 0 saturated heterocycles. The average Bonchev–Trinajstić information content (AvgIpc) is 2.76. The highest BCUT2D eigenvalue weighted by atomic mass is 19.4. The number of para-hydroxylation sites is 1. The van der Waals surface area contributed by atoms with E-state index in [1.54, 1.807) is 4.68 Å². The molecule has 4 nitrogen and oxygen atoms in total. The predicted octanol–water partition coefficient (Wildman–Crippen LogP) is 2.38. The Balaban J connectivity index is 2.28. The lowest BCUT2D eigenvalue weighted by Gasteiger charge is -2.22. The first-order valence-corrected chi connectivity index (χ1v) is 6.88. The molecule has 116 valence electrons. The molecule has 0 radical (unpaired) electrons. The molecule has 2 rings (SSSR count). The number of aromatic nitrogens is 2. The molecule has 0 fully saturated rings. The van der Waals surface area contributed by atoms with Crippen LogP contribution in [0.5, 0.6) is 0 Å². The van der Waals surface area contributed by atoms with Crippen molar-refractivity contribution in [2.75, 3.05) is 19.6 Å². The van der Waals surface area contributed by atoms with Crippen LogP contribution in [0.2, 0.25) is 0 Å². The summed E-state index contributed by atoms with van der Waals surface area (Å²) in [7, 11) is 0. The number of nitrogens with zero attached hydrogens (tertiary/aromatic N) is 3. The Kier molecular flexibility index (Phi) is 4.84. The summed E-state index contributed by atoms with van der Waals surface area (Å²) >= 11 is 0. The second-order valence-electron chi connectivity index (χ2n) is 4.89. The van der Waals surface area contributed by atoms with Crippen LogP contribution in [0.25, 0.3) is 10.9 Å². The third-order valence-corrected chi connectivity index (χ3v) is 3.26. The zero-order valence-corrected chi connectivity index (χ0v) is 11.9. The lowest BCUT2D eigenvalue weighted by atomic mass is 10.2. The summed E-state index contributed by atoms with van der Waals surface area (Å²) in [5.74, 6) is 0. The van der Waals surface area contributed by atoms with E-state index in [1.165, 1.54) is 4.90 Å². The highest BCUT2D eigenvalue weighted by Crippen LogP contribution is 2.22. The van der Waals surface area contributed by atoms with Crippen LogP contribution >= 0.6 is 0 Å². The molecule has 7 heteroatoms. The van der Waals surface area contributed by atoms with Crippen molar-refractivity contribution in [1.29, 1.82) is 0 Å². The van der Waals surface area contributed by atoms with Gasteiger partial charge in [-0.3, -0.25) is 9.58 Å². The summed E-state index contributed by atoms with van der Waals surface area (Å²) in [6.07, 6.45) is -4.24. The molecule has 0 amide bonds. The van der Waals surface area contributed by atoms with Crippen molar-refractivity contribution >= 4 is 10.9 Å². The highest BCUT2D eigenvalue weighted by Gasteiger charge is 2.31. The molecule has 21 heavy (non-hydrogen) atoms. The fourth-order valence-corrected chi connectivity index (χ4v) is 2.42. The minimum absolute atomic E-state index is 0.143. The van der Waals surface area contributed by atoms with Crippen molar-refractivity contribution in [2.24, 2.45) is 5.73 Å². The van der Waals surface area contributed by atoms with Gasteiger partial charge in [0.05, 0.1) is 17.8 Å². The second kappa shape index (κ2) is 6.44. The van der Waals surface area contributed by atoms with Crippen molar-refractivity contribution in [3.8, 4) is 0 Å². The molecule has 0 saturated carbocycles. The summed E-state index contributed by atoms with van der Waals surface area (Å²) in [6, 6.07) is 7.57. The zero-order valence-electron chi connectivity index (χ0n) is 11.9. The molecule has 1 aromatic heterocycles. The lowest BCUT2D eigenvalue weighted by molar-refractivity contribution is -0.146. The van der Waals surface area contributed by atoms with Crippen LogP contribution in [0.4, 0.5) is 13.2 Å². The molecule has 0 atom stereocenters. The first-order chi connectivity index (χ1) is 9.94. The van der Waals surface area contributed by atoms with Gasteiger partial charge >= 0.3 is 6.18 Å². The number of benzene rings is 1. The Morgan fingerprint density at radius 3 is 2.62 bits per heavy atom. The van der Waals surface area contributed by atoms with Gasteiger partial charge in [-0.15, -0.1) is 0 Å². The molecule has 2 aromatic rings. The third-order valence-electron chi connectivity index (χ3n) is 3.26. The van der Waals surface area contributed by atoms with Crippen LogP contribution in [0.3, 0.4) is 0 Å². The maximum absolute atomic E-state index is 12.6. The number of halogens is 3. The number of hydrogen-bond donors (Lipinski definition) is 1. The van der Waals surface area contributed by atoms with Crippen molar-refractivity contribution in [1.82, 2.24) is 14.7 Å². The largest absolute Gasteiger partial charge is 0.401 e. The van der Waals surface area contributed by atoms with E-state index in [0.29, 0.717) is 12.2 Å². The van der Waals surface area contributed by atoms with E-state index >= 15 is 0 Å². The Hall–Kier alpha value is -1.60. The topological polar surface area (TPSA) is 47.1 Å². The molecule has 0 aliphatic carbocycles. The third kappa shape index (κ3) is 3.95. The van der Waals surface area contributed by atoms with E-state index in [1.807, 2.05) is 31.2 Å². The van der Waals surface area contributed by atoms with E-state index in [0.717, 1.165) is 10.9 Å². The smallest absolute Gasteiger partial charge is 0.329 e. The Labute approximate surface area is 121 Å². The quantitative estimate of drug-likeness (QED) is 0.891. The maximum Gasteiger partial charge on any atom is 0.401 e. The molecule has 0 aliphatic heterocycles. The Morgan fingerprint density at radius 2 is 2.00 bits per heavy atom. The van der Waals surface area contributed by atoms with Gasteiger partial charge in [0, 0.05) is 31.6 Å². The van der Waals surface area contributed by atoms with Gasteiger partial charge < -0.3 is 5.73 Å². The van der Waals surface area contributed by atoms with Gasteiger partial charge in [0.2, 0.25) is 0 Å². The molecular formula is C14H19F3N4. The van der Waals surface area contributed by atoms with Gasteiger partial charge in [0.25, 0.3) is 0 Å². The van der Waals surface area contributed by atoms with Crippen LogP contribution < -0.4 is 5.73 Å².